The minimum atomic E-state index is -0.257. The second-order valence-electron chi connectivity index (χ2n) is 5.07. The Morgan fingerprint density at radius 2 is 1.73 bits per heavy atom. The number of rotatable bonds is 2. The minimum Gasteiger partial charge on any atom is -0.308 e. The monoisotopic (exact) mass is 354 g/mol. The highest BCUT2D eigenvalue weighted by molar-refractivity contribution is 9.10. The molecule has 2 amide bonds. The van der Waals surface area contributed by atoms with Crippen LogP contribution in [0.1, 0.15) is 5.56 Å². The van der Waals surface area contributed by atoms with Crippen molar-refractivity contribution in [2.75, 3.05) is 10.6 Å². The summed E-state index contributed by atoms with van der Waals surface area (Å²) in [5.74, 6) is 0. The van der Waals surface area contributed by atoms with Crippen molar-refractivity contribution in [3.05, 3.63) is 70.7 Å². The molecule has 0 bridgehead atoms. The predicted molar refractivity (Wildman–Crippen MR) is 95.5 cm³/mol. The number of carbonyl (C=O) groups excluding carboxylic acids is 1. The third-order valence-corrected chi connectivity index (χ3v) is 4.32. The van der Waals surface area contributed by atoms with Crippen LogP contribution < -0.4 is 10.6 Å². The summed E-state index contributed by atoms with van der Waals surface area (Å²) in [5, 5.41) is 7.86. The van der Waals surface area contributed by atoms with Crippen LogP contribution in [0.2, 0.25) is 0 Å². The Kier molecular flexibility index (Phi) is 4.11. The van der Waals surface area contributed by atoms with E-state index in [2.05, 4.69) is 26.6 Å². The first kappa shape index (κ1) is 14.6. The Morgan fingerprint density at radius 3 is 2.55 bits per heavy atom. The number of benzene rings is 3. The van der Waals surface area contributed by atoms with Gasteiger partial charge < -0.3 is 10.6 Å². The van der Waals surface area contributed by atoms with Gasteiger partial charge in [0.15, 0.2) is 0 Å². The van der Waals surface area contributed by atoms with E-state index in [1.54, 1.807) is 0 Å². The van der Waals surface area contributed by atoms with E-state index in [-0.39, 0.29) is 6.03 Å². The summed E-state index contributed by atoms with van der Waals surface area (Å²) in [6.45, 7) is 2.00. The fourth-order valence-corrected chi connectivity index (χ4v) is 2.67. The van der Waals surface area contributed by atoms with E-state index in [0.717, 1.165) is 32.2 Å². The highest BCUT2D eigenvalue weighted by atomic mass is 79.9. The number of urea groups is 1. The molecule has 22 heavy (non-hydrogen) atoms. The van der Waals surface area contributed by atoms with E-state index >= 15 is 0 Å². The number of anilines is 2. The van der Waals surface area contributed by atoms with E-state index in [1.165, 1.54) is 0 Å². The lowest BCUT2D eigenvalue weighted by atomic mass is 10.1. The van der Waals surface area contributed by atoms with Gasteiger partial charge in [-0.1, -0.05) is 58.4 Å². The maximum Gasteiger partial charge on any atom is 0.323 e. The topological polar surface area (TPSA) is 41.1 Å². The van der Waals surface area contributed by atoms with E-state index in [4.69, 9.17) is 0 Å². The van der Waals surface area contributed by atoms with Crippen molar-refractivity contribution >= 4 is 44.1 Å². The van der Waals surface area contributed by atoms with Crippen LogP contribution in [0.25, 0.3) is 10.8 Å². The second kappa shape index (κ2) is 6.20. The molecule has 0 aromatic heterocycles. The molecule has 0 aliphatic heterocycles. The summed E-state index contributed by atoms with van der Waals surface area (Å²) in [4.78, 5) is 12.2. The molecule has 0 radical (unpaired) electrons. The van der Waals surface area contributed by atoms with Crippen molar-refractivity contribution in [3.63, 3.8) is 0 Å². The zero-order chi connectivity index (χ0) is 15.5. The third kappa shape index (κ3) is 3.12. The largest absolute Gasteiger partial charge is 0.323 e. The maximum atomic E-state index is 12.2. The average molecular weight is 355 g/mol. The molecule has 0 unspecified atom stereocenters. The predicted octanol–water partition coefficient (Wildman–Crippen LogP) is 5.55. The van der Waals surface area contributed by atoms with Crippen molar-refractivity contribution in [1.82, 2.24) is 0 Å². The molecular weight excluding hydrogens is 340 g/mol. The molecule has 3 rings (SSSR count). The van der Waals surface area contributed by atoms with E-state index in [0.29, 0.717) is 0 Å². The van der Waals surface area contributed by atoms with Gasteiger partial charge in [0.1, 0.15) is 0 Å². The lowest BCUT2D eigenvalue weighted by Crippen LogP contribution is -2.19. The zero-order valence-electron chi connectivity index (χ0n) is 12.1. The molecule has 0 saturated carbocycles. The SMILES string of the molecule is Cc1ccc(NC(=O)Nc2cccc3ccccc23)cc1Br. The molecule has 0 heterocycles. The summed E-state index contributed by atoms with van der Waals surface area (Å²) >= 11 is 3.46. The molecule has 3 nitrogen and oxygen atoms in total. The van der Waals surface area contributed by atoms with Crippen molar-refractivity contribution in [2.45, 2.75) is 6.92 Å². The number of fused-ring (bicyclic) bond motifs is 1. The Balaban J connectivity index is 1.80. The first-order valence-corrected chi connectivity index (χ1v) is 7.75. The summed E-state index contributed by atoms with van der Waals surface area (Å²) in [5.41, 5.74) is 2.66. The highest BCUT2D eigenvalue weighted by Crippen LogP contribution is 2.24. The van der Waals surface area contributed by atoms with E-state index in [1.807, 2.05) is 67.6 Å². The lowest BCUT2D eigenvalue weighted by molar-refractivity contribution is 0.262. The molecule has 0 atom stereocenters. The molecule has 4 heteroatoms. The maximum absolute atomic E-state index is 12.2. The number of hydrogen-bond donors (Lipinski definition) is 2. The minimum absolute atomic E-state index is 0.257. The molecule has 0 saturated heterocycles. The van der Waals surface area contributed by atoms with Crippen LogP contribution >= 0.6 is 15.9 Å². The van der Waals surface area contributed by atoms with Crippen LogP contribution in [0.3, 0.4) is 0 Å². The van der Waals surface area contributed by atoms with Gasteiger partial charge in [0.25, 0.3) is 0 Å². The molecule has 0 fully saturated rings. The molecule has 0 aliphatic rings. The fraction of sp³-hybridized carbons (Fsp3) is 0.0556. The Labute approximate surface area is 137 Å². The van der Waals surface area contributed by atoms with Crippen molar-refractivity contribution < 1.29 is 4.79 Å². The second-order valence-corrected chi connectivity index (χ2v) is 5.92. The first-order chi connectivity index (χ1) is 10.6. The van der Waals surface area contributed by atoms with Gasteiger partial charge in [0, 0.05) is 15.5 Å². The molecule has 0 aliphatic carbocycles. The van der Waals surface area contributed by atoms with Gasteiger partial charge in [-0.2, -0.15) is 0 Å². The standard InChI is InChI=1S/C18H15BrN2O/c1-12-9-10-14(11-16(12)19)20-18(22)21-17-8-4-6-13-5-2-3-7-15(13)17/h2-11H,1H3,(H2,20,21,22). The van der Waals surface area contributed by atoms with Gasteiger partial charge in [0.05, 0.1) is 5.69 Å². The smallest absolute Gasteiger partial charge is 0.308 e. The summed E-state index contributed by atoms with van der Waals surface area (Å²) in [6.07, 6.45) is 0. The molecule has 3 aromatic carbocycles. The number of amides is 2. The van der Waals surface area contributed by atoms with Gasteiger partial charge >= 0.3 is 6.03 Å². The Bertz CT molecular complexity index is 840. The summed E-state index contributed by atoms with van der Waals surface area (Å²) in [7, 11) is 0. The lowest BCUT2D eigenvalue weighted by Gasteiger charge is -2.11. The van der Waals surface area contributed by atoms with Crippen LogP contribution in [0.4, 0.5) is 16.2 Å². The van der Waals surface area contributed by atoms with Crippen molar-refractivity contribution in [3.8, 4) is 0 Å². The molecular formula is C18H15BrN2O. The van der Waals surface area contributed by atoms with Gasteiger partial charge in [-0.05, 0) is 36.1 Å². The van der Waals surface area contributed by atoms with Crippen molar-refractivity contribution in [2.24, 2.45) is 0 Å². The fourth-order valence-electron chi connectivity index (χ4n) is 2.29. The number of carbonyl (C=O) groups is 1. The average Bonchev–Trinajstić information content (AvgIpc) is 2.51. The van der Waals surface area contributed by atoms with Crippen molar-refractivity contribution in [1.29, 1.82) is 0 Å². The van der Waals surface area contributed by atoms with Crippen LogP contribution in [0.5, 0.6) is 0 Å². The first-order valence-electron chi connectivity index (χ1n) is 6.95. The van der Waals surface area contributed by atoms with Gasteiger partial charge in [-0.15, -0.1) is 0 Å². The molecule has 2 N–H and O–H groups in total. The summed E-state index contributed by atoms with van der Waals surface area (Å²) in [6, 6.07) is 19.3. The van der Waals surface area contributed by atoms with Crippen LogP contribution in [-0.2, 0) is 0 Å². The van der Waals surface area contributed by atoms with Crippen LogP contribution in [-0.4, -0.2) is 6.03 Å². The van der Waals surface area contributed by atoms with Crippen LogP contribution in [0, 0.1) is 6.92 Å². The van der Waals surface area contributed by atoms with Gasteiger partial charge in [-0.25, -0.2) is 4.79 Å². The van der Waals surface area contributed by atoms with E-state index < -0.39 is 0 Å². The molecule has 0 spiro atoms. The van der Waals surface area contributed by atoms with Gasteiger partial charge in [0.2, 0.25) is 0 Å². The number of aryl methyl sites for hydroxylation is 1. The van der Waals surface area contributed by atoms with Crippen LogP contribution in [0.15, 0.2) is 65.1 Å². The Morgan fingerprint density at radius 1 is 0.955 bits per heavy atom. The number of nitrogens with one attached hydrogen (secondary N) is 2. The normalized spacial score (nSPS) is 10.5. The summed E-state index contributed by atoms with van der Waals surface area (Å²) < 4.78 is 0.968. The van der Waals surface area contributed by atoms with Gasteiger partial charge in [-0.3, -0.25) is 0 Å². The quantitative estimate of drug-likeness (QED) is 0.621. The van der Waals surface area contributed by atoms with E-state index in [9.17, 15) is 4.79 Å². The molecule has 110 valence electrons. The number of halogens is 1. The zero-order valence-corrected chi connectivity index (χ0v) is 13.6. The highest BCUT2D eigenvalue weighted by Gasteiger charge is 2.06. The molecule has 3 aromatic rings. The number of hydrogen-bond acceptors (Lipinski definition) is 1. The third-order valence-electron chi connectivity index (χ3n) is 3.47. The Hall–Kier alpha value is -2.33.